The normalized spacial score (nSPS) is 13.9. The van der Waals surface area contributed by atoms with Gasteiger partial charge in [0.05, 0.1) is 19.8 Å². The van der Waals surface area contributed by atoms with Gasteiger partial charge in [-0.05, 0) is 43.4 Å². The van der Waals surface area contributed by atoms with E-state index in [-0.39, 0.29) is 12.5 Å². The lowest BCUT2D eigenvalue weighted by molar-refractivity contribution is -0.116. The Morgan fingerprint density at radius 3 is 2.56 bits per heavy atom. The van der Waals surface area contributed by atoms with Crippen LogP contribution in [0.25, 0.3) is 0 Å². The number of nitrogens with zero attached hydrogens (tertiary/aromatic N) is 2. The number of hydrogen-bond acceptors (Lipinski definition) is 4. The van der Waals surface area contributed by atoms with Crippen molar-refractivity contribution in [2.75, 3.05) is 56.7 Å². The molecule has 1 heterocycles. The van der Waals surface area contributed by atoms with Gasteiger partial charge in [0.1, 0.15) is 0 Å². The lowest BCUT2D eigenvalue weighted by Gasteiger charge is -2.29. The summed E-state index contributed by atoms with van der Waals surface area (Å²) >= 11 is 5.25. The second kappa shape index (κ2) is 9.39. The van der Waals surface area contributed by atoms with Crippen molar-refractivity contribution in [3.8, 4) is 0 Å². The first kappa shape index (κ1) is 19.2. The summed E-state index contributed by atoms with van der Waals surface area (Å²) in [6, 6.07) is 7.87. The van der Waals surface area contributed by atoms with E-state index in [1.54, 1.807) is 11.9 Å². The lowest BCUT2D eigenvalue weighted by atomic mass is 10.2. The average molecular weight is 362 g/mol. The minimum absolute atomic E-state index is 0.110. The van der Waals surface area contributed by atoms with Crippen molar-refractivity contribution in [2.45, 2.75) is 6.92 Å². The van der Waals surface area contributed by atoms with E-state index in [4.69, 9.17) is 17.0 Å². The maximum atomic E-state index is 12.2. The highest BCUT2D eigenvalue weighted by Crippen LogP contribution is 2.18. The fourth-order valence-corrected chi connectivity index (χ4v) is 2.56. The Kier molecular flexibility index (Phi) is 7.21. The number of morpholine rings is 1. The molecule has 1 aliphatic rings. The molecule has 0 unspecified atom stereocenters. The fourth-order valence-electron chi connectivity index (χ4n) is 2.43. The Hall–Kier alpha value is -2.12. The van der Waals surface area contributed by atoms with Crippen LogP contribution in [-0.4, -0.2) is 62.4 Å². The Morgan fingerprint density at radius 1 is 1.32 bits per heavy atom. The van der Waals surface area contributed by atoms with E-state index in [0.29, 0.717) is 11.7 Å². The topological polar surface area (TPSA) is 56.8 Å². The molecule has 2 N–H and O–H groups in total. The van der Waals surface area contributed by atoms with E-state index in [2.05, 4.69) is 22.1 Å². The molecule has 6 nitrogen and oxygen atoms in total. The number of likely N-dealkylation sites (N-methyl/N-ethyl adjacent to an activating group) is 1. The van der Waals surface area contributed by atoms with Crippen molar-refractivity contribution in [1.82, 2.24) is 10.2 Å². The molecule has 7 heteroatoms. The zero-order valence-corrected chi connectivity index (χ0v) is 15.7. The summed E-state index contributed by atoms with van der Waals surface area (Å²) < 4.78 is 5.36. The Balaban J connectivity index is 1.81. The summed E-state index contributed by atoms with van der Waals surface area (Å²) in [5.41, 5.74) is 2.90. The molecular formula is C18H26N4O2S. The van der Waals surface area contributed by atoms with E-state index < -0.39 is 0 Å². The van der Waals surface area contributed by atoms with Crippen molar-refractivity contribution in [3.63, 3.8) is 0 Å². The van der Waals surface area contributed by atoms with Gasteiger partial charge < -0.3 is 25.2 Å². The largest absolute Gasteiger partial charge is 0.378 e. The average Bonchev–Trinajstić information content (AvgIpc) is 2.60. The van der Waals surface area contributed by atoms with Crippen LogP contribution in [0.5, 0.6) is 0 Å². The molecule has 1 amide bonds. The van der Waals surface area contributed by atoms with E-state index in [9.17, 15) is 4.79 Å². The summed E-state index contributed by atoms with van der Waals surface area (Å²) in [6.45, 7) is 9.82. The molecule has 0 aliphatic carbocycles. The number of carbonyl (C=O) groups is 1. The van der Waals surface area contributed by atoms with Gasteiger partial charge in [0.15, 0.2) is 5.11 Å². The molecule has 0 spiro atoms. The van der Waals surface area contributed by atoms with Gasteiger partial charge >= 0.3 is 0 Å². The van der Waals surface area contributed by atoms with E-state index in [1.165, 1.54) is 0 Å². The molecule has 1 fully saturated rings. The van der Waals surface area contributed by atoms with E-state index in [0.717, 1.165) is 43.3 Å². The van der Waals surface area contributed by atoms with Crippen molar-refractivity contribution >= 4 is 34.6 Å². The van der Waals surface area contributed by atoms with Crippen molar-refractivity contribution < 1.29 is 9.53 Å². The van der Waals surface area contributed by atoms with Crippen LogP contribution >= 0.6 is 12.2 Å². The zero-order valence-electron chi connectivity index (χ0n) is 14.9. The molecular weight excluding hydrogens is 336 g/mol. The van der Waals surface area contributed by atoms with Crippen LogP contribution in [0.3, 0.4) is 0 Å². The smallest absolute Gasteiger partial charge is 0.243 e. The molecule has 1 aromatic rings. The molecule has 1 aromatic carbocycles. The van der Waals surface area contributed by atoms with Crippen LogP contribution in [-0.2, 0) is 9.53 Å². The van der Waals surface area contributed by atoms with Crippen molar-refractivity contribution in [1.29, 1.82) is 0 Å². The first-order valence-electron chi connectivity index (χ1n) is 8.31. The monoisotopic (exact) mass is 362 g/mol. The number of rotatable bonds is 6. The van der Waals surface area contributed by atoms with Crippen LogP contribution in [0.4, 0.5) is 11.4 Å². The van der Waals surface area contributed by atoms with Crippen LogP contribution in [0.15, 0.2) is 36.4 Å². The van der Waals surface area contributed by atoms with Gasteiger partial charge in [-0.25, -0.2) is 0 Å². The summed E-state index contributed by atoms with van der Waals surface area (Å²) in [5, 5.41) is 6.48. The summed E-state index contributed by atoms with van der Waals surface area (Å²) in [7, 11) is 1.79. The quantitative estimate of drug-likeness (QED) is 0.595. The maximum absolute atomic E-state index is 12.2. The highest BCUT2D eigenvalue weighted by molar-refractivity contribution is 7.80. The Morgan fingerprint density at radius 2 is 1.96 bits per heavy atom. The summed E-state index contributed by atoms with van der Waals surface area (Å²) in [5.74, 6) is -0.110. The summed E-state index contributed by atoms with van der Waals surface area (Å²) in [4.78, 5) is 16.1. The lowest BCUT2D eigenvalue weighted by Crippen LogP contribution is -2.41. The van der Waals surface area contributed by atoms with Crippen LogP contribution in [0.1, 0.15) is 6.92 Å². The highest BCUT2D eigenvalue weighted by atomic mass is 32.1. The number of carbonyl (C=O) groups excluding carboxylic acids is 1. The standard InChI is InChI=1S/C18H26N4O2S/c1-14(2)12-19-18(25)21(3)13-17(23)20-15-4-6-16(7-5-15)22-8-10-24-11-9-22/h4-7H,1,8-13H2,2-3H3,(H,19,25)(H,20,23). The molecule has 25 heavy (non-hydrogen) atoms. The predicted molar refractivity (Wildman–Crippen MR) is 106 cm³/mol. The minimum atomic E-state index is -0.110. The predicted octanol–water partition coefficient (Wildman–Crippen LogP) is 1.84. The Bertz CT molecular complexity index is 612. The third kappa shape index (κ3) is 6.36. The SMILES string of the molecule is C=C(C)CNC(=S)N(C)CC(=O)Nc1ccc(N2CCOCC2)cc1. The molecule has 1 saturated heterocycles. The summed E-state index contributed by atoms with van der Waals surface area (Å²) in [6.07, 6.45) is 0. The van der Waals surface area contributed by atoms with Gasteiger partial charge in [0.2, 0.25) is 5.91 Å². The van der Waals surface area contributed by atoms with Crippen molar-refractivity contribution in [3.05, 3.63) is 36.4 Å². The maximum Gasteiger partial charge on any atom is 0.243 e. The molecule has 2 rings (SSSR count). The highest BCUT2D eigenvalue weighted by Gasteiger charge is 2.12. The zero-order chi connectivity index (χ0) is 18.2. The number of benzene rings is 1. The van der Waals surface area contributed by atoms with Gasteiger partial charge in [0, 0.05) is 38.1 Å². The number of hydrogen-bond donors (Lipinski definition) is 2. The Labute approximate surface area is 154 Å². The third-order valence-corrected chi connectivity index (χ3v) is 4.25. The van der Waals surface area contributed by atoms with Crippen molar-refractivity contribution in [2.24, 2.45) is 0 Å². The van der Waals surface area contributed by atoms with Gasteiger partial charge in [0.25, 0.3) is 0 Å². The molecule has 0 aromatic heterocycles. The fraction of sp³-hybridized carbons (Fsp3) is 0.444. The van der Waals surface area contributed by atoms with E-state index in [1.807, 2.05) is 31.2 Å². The van der Waals surface area contributed by atoms with Gasteiger partial charge in [-0.3, -0.25) is 4.79 Å². The molecule has 0 bridgehead atoms. The number of ether oxygens (including phenoxy) is 1. The van der Waals surface area contributed by atoms with Gasteiger partial charge in [-0.2, -0.15) is 0 Å². The van der Waals surface area contributed by atoms with Crippen LogP contribution in [0, 0.1) is 0 Å². The molecule has 0 radical (unpaired) electrons. The molecule has 136 valence electrons. The minimum Gasteiger partial charge on any atom is -0.378 e. The second-order valence-electron chi connectivity index (χ2n) is 6.17. The number of amides is 1. The van der Waals surface area contributed by atoms with Crippen LogP contribution in [0.2, 0.25) is 0 Å². The molecule has 1 aliphatic heterocycles. The van der Waals surface area contributed by atoms with Gasteiger partial charge in [-0.15, -0.1) is 0 Å². The van der Waals surface area contributed by atoms with Crippen LogP contribution < -0.4 is 15.5 Å². The second-order valence-corrected chi connectivity index (χ2v) is 6.55. The first-order chi connectivity index (χ1) is 12.0. The first-order valence-corrected chi connectivity index (χ1v) is 8.72. The number of anilines is 2. The molecule has 0 atom stereocenters. The van der Waals surface area contributed by atoms with E-state index >= 15 is 0 Å². The molecule has 0 saturated carbocycles. The third-order valence-electron chi connectivity index (χ3n) is 3.80. The van der Waals surface area contributed by atoms with Gasteiger partial charge in [-0.1, -0.05) is 12.2 Å². The number of nitrogens with one attached hydrogen (secondary N) is 2. The number of thiocarbonyl (C=S) groups is 1.